The van der Waals surface area contributed by atoms with Gasteiger partial charge in [0.15, 0.2) is 0 Å². The third kappa shape index (κ3) is 4.80. The van der Waals surface area contributed by atoms with Crippen molar-refractivity contribution in [3.8, 4) is 0 Å². The maximum absolute atomic E-state index is 13.6. The number of fused-ring (bicyclic) bond motifs is 1. The van der Waals surface area contributed by atoms with Crippen LogP contribution in [0, 0.1) is 34.9 Å². The predicted molar refractivity (Wildman–Crippen MR) is 123 cm³/mol. The number of halogens is 1. The van der Waals surface area contributed by atoms with Crippen LogP contribution < -0.4 is 5.32 Å². The molecule has 1 heterocycles. The summed E-state index contributed by atoms with van der Waals surface area (Å²) in [7, 11) is 0. The van der Waals surface area contributed by atoms with Gasteiger partial charge in [0.25, 0.3) is 5.91 Å². The predicted octanol–water partition coefficient (Wildman–Crippen LogP) is 3.24. The molecule has 1 unspecified atom stereocenters. The van der Waals surface area contributed by atoms with Gasteiger partial charge in [-0.25, -0.2) is 4.39 Å². The van der Waals surface area contributed by atoms with Crippen molar-refractivity contribution in [2.24, 2.45) is 29.1 Å². The maximum atomic E-state index is 13.6. The highest BCUT2D eigenvalue weighted by molar-refractivity contribution is 5.94. The number of rotatable bonds is 4. The zero-order chi connectivity index (χ0) is 23.8. The van der Waals surface area contributed by atoms with Crippen LogP contribution in [0.15, 0.2) is 24.3 Å². The molecule has 33 heavy (non-hydrogen) atoms. The summed E-state index contributed by atoms with van der Waals surface area (Å²) in [6.45, 7) is 8.64. The minimum Gasteiger partial charge on any atom is -0.392 e. The minimum absolute atomic E-state index is 0.0113. The Labute approximate surface area is 195 Å². The molecule has 1 saturated heterocycles. The van der Waals surface area contributed by atoms with Crippen molar-refractivity contribution in [3.05, 3.63) is 35.6 Å². The summed E-state index contributed by atoms with van der Waals surface area (Å²) in [6, 6.07) is 5.62. The van der Waals surface area contributed by atoms with Gasteiger partial charge in [-0.05, 0) is 67.1 Å². The van der Waals surface area contributed by atoms with Crippen molar-refractivity contribution >= 4 is 11.8 Å². The summed E-state index contributed by atoms with van der Waals surface area (Å²) in [6.07, 6.45) is 2.93. The molecule has 2 saturated carbocycles. The lowest BCUT2D eigenvalue weighted by molar-refractivity contribution is -0.153. The van der Waals surface area contributed by atoms with E-state index in [4.69, 9.17) is 4.74 Å². The molecule has 0 spiro atoms. The quantitative estimate of drug-likeness (QED) is 0.723. The zero-order valence-electron chi connectivity index (χ0n) is 19.9. The van der Waals surface area contributed by atoms with Crippen LogP contribution in [0.4, 0.5) is 4.39 Å². The number of aliphatic hydroxyl groups is 1. The third-order valence-electron chi connectivity index (χ3n) is 8.65. The van der Waals surface area contributed by atoms with E-state index in [1.165, 1.54) is 18.2 Å². The van der Waals surface area contributed by atoms with E-state index < -0.39 is 11.9 Å². The van der Waals surface area contributed by atoms with E-state index in [2.05, 4.69) is 19.2 Å². The monoisotopic (exact) mass is 460 g/mol. The van der Waals surface area contributed by atoms with Gasteiger partial charge in [0.2, 0.25) is 5.91 Å². The largest absolute Gasteiger partial charge is 0.392 e. The van der Waals surface area contributed by atoms with E-state index in [0.717, 1.165) is 25.7 Å². The molecule has 1 aromatic rings. The second-order valence-electron chi connectivity index (χ2n) is 10.6. The fraction of sp³-hybridized carbons (Fsp3) is 0.692. The number of aliphatic hydroxyl groups excluding tert-OH is 1. The maximum Gasteiger partial charge on any atom is 0.251 e. The van der Waals surface area contributed by atoms with Gasteiger partial charge in [0.05, 0.1) is 19.3 Å². The lowest BCUT2D eigenvalue weighted by Gasteiger charge is -2.56. The number of carbonyl (C=O) groups is 2. The fourth-order valence-corrected chi connectivity index (χ4v) is 6.63. The number of amides is 2. The van der Waals surface area contributed by atoms with Gasteiger partial charge in [-0.1, -0.05) is 26.8 Å². The van der Waals surface area contributed by atoms with Crippen LogP contribution in [0.1, 0.15) is 56.8 Å². The molecule has 0 radical (unpaired) electrons. The topological polar surface area (TPSA) is 78.9 Å². The van der Waals surface area contributed by atoms with Crippen LogP contribution in [0.2, 0.25) is 0 Å². The molecule has 7 heteroatoms. The molecule has 2 N–H and O–H groups in total. The average molecular weight is 461 g/mol. The first-order valence-corrected chi connectivity index (χ1v) is 12.3. The highest BCUT2D eigenvalue weighted by Gasteiger charge is 2.54. The van der Waals surface area contributed by atoms with E-state index in [0.29, 0.717) is 31.9 Å². The number of hydrogen-bond acceptors (Lipinski definition) is 4. The van der Waals surface area contributed by atoms with Gasteiger partial charge in [-0.2, -0.15) is 0 Å². The molecule has 1 aliphatic heterocycles. The highest BCUT2D eigenvalue weighted by atomic mass is 19.1. The molecular weight excluding hydrogens is 423 g/mol. The molecule has 3 aliphatic rings. The van der Waals surface area contributed by atoms with Crippen LogP contribution in [0.25, 0.3) is 0 Å². The summed E-state index contributed by atoms with van der Waals surface area (Å²) in [4.78, 5) is 27.8. The number of nitrogens with one attached hydrogen (secondary N) is 1. The van der Waals surface area contributed by atoms with Crippen LogP contribution in [0.5, 0.6) is 0 Å². The van der Waals surface area contributed by atoms with E-state index in [1.54, 1.807) is 6.07 Å². The molecule has 6 nitrogen and oxygen atoms in total. The van der Waals surface area contributed by atoms with Gasteiger partial charge in [0, 0.05) is 30.6 Å². The Hall–Kier alpha value is -1.99. The lowest BCUT2D eigenvalue weighted by Crippen LogP contribution is -2.59. The molecule has 2 aliphatic carbocycles. The van der Waals surface area contributed by atoms with Crippen molar-refractivity contribution in [2.45, 2.75) is 58.6 Å². The average Bonchev–Trinajstić information content (AvgIpc) is 2.80. The SMILES string of the molecule is C[C@H]1[C@@H]2[C@@H](O)C([C@H](C)C(=O)N3CCOCC3)CC[C@@]2(C)CC[C@@H]1NC(=O)c1cccc(F)c1. The van der Waals surface area contributed by atoms with Crippen molar-refractivity contribution in [2.75, 3.05) is 26.3 Å². The molecule has 182 valence electrons. The first-order valence-electron chi connectivity index (χ1n) is 12.3. The molecule has 3 fully saturated rings. The van der Waals surface area contributed by atoms with E-state index >= 15 is 0 Å². The van der Waals surface area contributed by atoms with Gasteiger partial charge >= 0.3 is 0 Å². The second-order valence-corrected chi connectivity index (χ2v) is 10.6. The minimum atomic E-state index is -0.604. The molecule has 4 rings (SSSR count). The first-order chi connectivity index (χ1) is 15.7. The Morgan fingerprint density at radius 2 is 1.94 bits per heavy atom. The lowest BCUT2D eigenvalue weighted by atomic mass is 9.51. The highest BCUT2D eigenvalue weighted by Crippen LogP contribution is 2.55. The van der Waals surface area contributed by atoms with Gasteiger partial charge < -0.3 is 20.1 Å². The first kappa shape index (κ1) is 24.1. The number of carbonyl (C=O) groups excluding carboxylic acids is 2. The van der Waals surface area contributed by atoms with Crippen LogP contribution in [-0.4, -0.2) is 60.3 Å². The molecule has 2 amide bonds. The van der Waals surface area contributed by atoms with Gasteiger partial charge in [-0.15, -0.1) is 0 Å². The molecular formula is C26H37FN2O4. The number of benzene rings is 1. The number of nitrogens with zero attached hydrogens (tertiary/aromatic N) is 1. The Kier molecular flexibility index (Phi) is 7.10. The summed E-state index contributed by atoms with van der Waals surface area (Å²) >= 11 is 0. The molecule has 0 bridgehead atoms. The Balaban J connectivity index is 1.47. The van der Waals surface area contributed by atoms with E-state index in [9.17, 15) is 19.1 Å². The smallest absolute Gasteiger partial charge is 0.251 e. The zero-order valence-corrected chi connectivity index (χ0v) is 19.9. The normalized spacial score (nSPS) is 35.4. The van der Waals surface area contributed by atoms with Crippen LogP contribution in [-0.2, 0) is 9.53 Å². The van der Waals surface area contributed by atoms with Gasteiger partial charge in [0.1, 0.15) is 5.82 Å². The molecule has 1 aromatic carbocycles. The van der Waals surface area contributed by atoms with E-state index in [1.807, 2.05) is 11.8 Å². The second kappa shape index (κ2) is 9.71. The fourth-order valence-electron chi connectivity index (χ4n) is 6.63. The van der Waals surface area contributed by atoms with Gasteiger partial charge in [-0.3, -0.25) is 9.59 Å². The van der Waals surface area contributed by atoms with Crippen LogP contribution in [0.3, 0.4) is 0 Å². The summed E-state index contributed by atoms with van der Waals surface area (Å²) in [5.41, 5.74) is 0.291. The van der Waals surface area contributed by atoms with E-state index in [-0.39, 0.29) is 46.9 Å². The van der Waals surface area contributed by atoms with Crippen molar-refractivity contribution in [1.29, 1.82) is 0 Å². The summed E-state index contributed by atoms with van der Waals surface area (Å²) < 4.78 is 19.0. The number of morpholine rings is 1. The summed E-state index contributed by atoms with van der Waals surface area (Å²) in [5.74, 6) is -0.933. The number of ether oxygens (including phenoxy) is 1. The molecule has 0 aromatic heterocycles. The van der Waals surface area contributed by atoms with Crippen molar-refractivity contribution in [1.82, 2.24) is 10.2 Å². The Bertz CT molecular complexity index is 874. The molecule has 7 atom stereocenters. The van der Waals surface area contributed by atoms with Crippen molar-refractivity contribution in [3.63, 3.8) is 0 Å². The Morgan fingerprint density at radius 1 is 1.24 bits per heavy atom. The Morgan fingerprint density at radius 3 is 2.64 bits per heavy atom. The van der Waals surface area contributed by atoms with Crippen molar-refractivity contribution < 1.29 is 23.8 Å². The standard InChI is InChI=1S/C26H37FN2O4/c1-16(25(32)29-11-13-33-14-12-29)20-7-9-26(3)10-8-21(17(2)22(26)23(20)30)28-24(31)18-5-4-6-19(27)15-18/h4-6,15-17,20-23,30H,7-14H2,1-3H3,(H,28,31)/t16-,17+,20?,21-,22+,23-,26-/m0/s1. The third-order valence-corrected chi connectivity index (χ3v) is 8.65. The number of hydrogen-bond donors (Lipinski definition) is 2. The van der Waals surface area contributed by atoms with Crippen LogP contribution >= 0.6 is 0 Å². The summed E-state index contributed by atoms with van der Waals surface area (Å²) in [5, 5.41) is 14.7.